The molecular formula is C18H25F2N4O4-. The predicted molar refractivity (Wildman–Crippen MR) is 101 cm³/mol. The van der Waals surface area contributed by atoms with Crippen LogP contribution < -0.4 is 20.3 Å². The van der Waals surface area contributed by atoms with Gasteiger partial charge in [-0.05, 0) is 24.6 Å². The average Bonchev–Trinajstić information content (AvgIpc) is 2.63. The monoisotopic (exact) mass is 399 g/mol. The Morgan fingerprint density at radius 2 is 2.14 bits per heavy atom. The van der Waals surface area contributed by atoms with Crippen LogP contribution in [0.4, 0.5) is 20.2 Å². The van der Waals surface area contributed by atoms with Crippen molar-refractivity contribution in [2.45, 2.75) is 26.5 Å². The maximum absolute atomic E-state index is 12.8. The van der Waals surface area contributed by atoms with Crippen molar-refractivity contribution in [1.29, 1.82) is 0 Å². The van der Waals surface area contributed by atoms with Crippen LogP contribution in [0.3, 0.4) is 0 Å². The smallest absolute Gasteiger partial charge is 0.387 e. The van der Waals surface area contributed by atoms with Crippen molar-refractivity contribution >= 4 is 23.2 Å². The third-order valence-corrected chi connectivity index (χ3v) is 4.03. The number of halogens is 2. The first-order valence-corrected chi connectivity index (χ1v) is 8.97. The second-order valence-corrected chi connectivity index (χ2v) is 6.70. The minimum Gasteiger partial charge on any atom is -0.676 e. The lowest BCUT2D eigenvalue weighted by molar-refractivity contribution is -0.125. The Hall–Kier alpha value is -2.30. The molecule has 0 unspecified atom stereocenters. The van der Waals surface area contributed by atoms with Gasteiger partial charge in [0.1, 0.15) is 6.61 Å². The van der Waals surface area contributed by atoms with E-state index in [4.69, 9.17) is 10.5 Å². The molecule has 1 heterocycles. The van der Waals surface area contributed by atoms with Gasteiger partial charge in [-0.15, -0.1) is 6.54 Å². The number of hydrogen-bond donors (Lipinski definition) is 2. The summed E-state index contributed by atoms with van der Waals surface area (Å²) in [4.78, 5) is 25.8. The summed E-state index contributed by atoms with van der Waals surface area (Å²) in [5.74, 6) is -0.791. The maximum atomic E-state index is 12.8. The number of nitrogens with zero attached hydrogens (tertiary/aromatic N) is 1. The van der Waals surface area contributed by atoms with Gasteiger partial charge in [0.05, 0.1) is 18.3 Å². The number of nitrogens with one attached hydrogen (secondary N) is 3. The first-order chi connectivity index (χ1) is 13.3. The van der Waals surface area contributed by atoms with E-state index in [1.54, 1.807) is 0 Å². The normalized spacial score (nSPS) is 15.8. The Balaban J connectivity index is 2.20. The number of amides is 2. The number of carbonyl (C=O) groups excluding carboxylic acids is 2. The molecule has 3 N–H and O–H groups in total. The summed E-state index contributed by atoms with van der Waals surface area (Å²) in [5, 5.41) is 5.49. The highest BCUT2D eigenvalue weighted by Crippen LogP contribution is 2.32. The number of rotatable bonds is 9. The van der Waals surface area contributed by atoms with Gasteiger partial charge in [-0.3, -0.25) is 9.59 Å². The van der Waals surface area contributed by atoms with Crippen LogP contribution >= 0.6 is 0 Å². The Kier molecular flexibility index (Phi) is 8.09. The van der Waals surface area contributed by atoms with Gasteiger partial charge in [-0.2, -0.15) is 8.78 Å². The quantitative estimate of drug-likeness (QED) is 0.663. The molecule has 156 valence electrons. The number of ether oxygens (including phenoxy) is 2. The summed E-state index contributed by atoms with van der Waals surface area (Å²) in [6, 6.07) is 3.43. The number of hydrogen-bond acceptors (Lipinski definition) is 5. The lowest BCUT2D eigenvalue weighted by Gasteiger charge is -2.28. The van der Waals surface area contributed by atoms with Crippen molar-refractivity contribution < 1.29 is 27.8 Å². The molecule has 2 amide bonds. The molecule has 1 saturated heterocycles. The Morgan fingerprint density at radius 3 is 2.75 bits per heavy atom. The molecule has 0 aliphatic carbocycles. The molecule has 10 heteroatoms. The molecule has 28 heavy (non-hydrogen) atoms. The molecule has 0 aromatic heterocycles. The minimum atomic E-state index is -3.10. The third kappa shape index (κ3) is 6.11. The second kappa shape index (κ2) is 10.3. The number of benzene rings is 1. The zero-order valence-electron chi connectivity index (χ0n) is 15.8. The van der Waals surface area contributed by atoms with Gasteiger partial charge in [-0.25, -0.2) is 0 Å². The van der Waals surface area contributed by atoms with E-state index >= 15 is 0 Å². The molecule has 1 aliphatic heterocycles. The number of carbonyl (C=O) groups is 2. The Labute approximate surface area is 162 Å². The summed E-state index contributed by atoms with van der Waals surface area (Å²) >= 11 is 0. The molecule has 1 atom stereocenters. The van der Waals surface area contributed by atoms with Crippen molar-refractivity contribution in [3.63, 3.8) is 0 Å². The van der Waals surface area contributed by atoms with Crippen molar-refractivity contribution in [3.05, 3.63) is 23.9 Å². The van der Waals surface area contributed by atoms with E-state index in [9.17, 15) is 18.4 Å². The van der Waals surface area contributed by atoms with Crippen LogP contribution in [0.1, 0.15) is 13.8 Å². The van der Waals surface area contributed by atoms with Gasteiger partial charge in [0.25, 0.3) is 5.91 Å². The van der Waals surface area contributed by atoms with E-state index in [1.165, 1.54) is 23.1 Å². The fourth-order valence-electron chi connectivity index (χ4n) is 2.62. The first-order valence-electron chi connectivity index (χ1n) is 8.97. The molecule has 8 nitrogen and oxygen atoms in total. The van der Waals surface area contributed by atoms with Crippen molar-refractivity contribution in [1.82, 2.24) is 5.32 Å². The molecule has 1 aliphatic rings. The fourth-order valence-corrected chi connectivity index (χ4v) is 2.62. The number of alkyl halides is 2. The molecule has 1 fully saturated rings. The lowest BCUT2D eigenvalue weighted by atomic mass is 10.2. The predicted octanol–water partition coefficient (Wildman–Crippen LogP) is 2.26. The summed E-state index contributed by atoms with van der Waals surface area (Å²) in [5.41, 5.74) is 7.94. The van der Waals surface area contributed by atoms with Crippen molar-refractivity contribution in [3.8, 4) is 5.75 Å². The molecule has 0 saturated carbocycles. The number of anilines is 2. The van der Waals surface area contributed by atoms with Gasteiger partial charge in [0, 0.05) is 18.3 Å². The lowest BCUT2D eigenvalue weighted by Crippen LogP contribution is -2.44. The molecular weight excluding hydrogens is 374 g/mol. The molecule has 0 bridgehead atoms. The van der Waals surface area contributed by atoms with E-state index in [-0.39, 0.29) is 36.4 Å². The number of morpholine rings is 1. The zero-order valence-corrected chi connectivity index (χ0v) is 15.8. The molecule has 0 spiro atoms. The van der Waals surface area contributed by atoms with Crippen LogP contribution in [0.5, 0.6) is 5.75 Å². The Morgan fingerprint density at radius 1 is 1.39 bits per heavy atom. The average molecular weight is 399 g/mol. The highest BCUT2D eigenvalue weighted by Gasteiger charge is 2.23. The van der Waals surface area contributed by atoms with E-state index in [0.717, 1.165) is 0 Å². The Bertz CT molecular complexity index is 688. The highest BCUT2D eigenvalue weighted by molar-refractivity contribution is 5.98. The standard InChI is InChI=1S/C18H25F2N4O4/c1-11(2)9-22-14(8-21)17(26)23-13-4-3-12(7-15(13)28-18(19)20)24-5-6-27-10-16(24)25/h3-4,7,11,14,18,21-22H,5-6,8-10H2,1-2H3,(H,23,26)/q-1/t14-/m0/s1. The van der Waals surface area contributed by atoms with E-state index < -0.39 is 18.6 Å². The summed E-state index contributed by atoms with van der Waals surface area (Å²) in [6.07, 6.45) is 0. The van der Waals surface area contributed by atoms with Gasteiger partial charge in [-0.1, -0.05) is 13.8 Å². The summed E-state index contributed by atoms with van der Waals surface area (Å²) in [6.45, 7) is 1.70. The molecule has 2 rings (SSSR count). The summed E-state index contributed by atoms with van der Waals surface area (Å²) in [7, 11) is 0. The van der Waals surface area contributed by atoms with Crippen LogP contribution in [0.15, 0.2) is 18.2 Å². The fraction of sp³-hybridized carbons (Fsp3) is 0.556. The molecule has 1 aromatic carbocycles. The zero-order chi connectivity index (χ0) is 20.7. The van der Waals surface area contributed by atoms with Crippen molar-refractivity contribution in [2.24, 2.45) is 5.92 Å². The van der Waals surface area contributed by atoms with Crippen molar-refractivity contribution in [2.75, 3.05) is 43.1 Å². The van der Waals surface area contributed by atoms with Gasteiger partial charge in [0.15, 0.2) is 5.75 Å². The minimum absolute atomic E-state index is 0.0413. The van der Waals surface area contributed by atoms with Crippen LogP contribution in [-0.4, -0.2) is 57.3 Å². The largest absolute Gasteiger partial charge is 0.676 e. The highest BCUT2D eigenvalue weighted by atomic mass is 19.3. The van der Waals surface area contributed by atoms with Crippen LogP contribution in [0.2, 0.25) is 0 Å². The van der Waals surface area contributed by atoms with Crippen LogP contribution in [0.25, 0.3) is 5.73 Å². The van der Waals surface area contributed by atoms with Crippen LogP contribution in [-0.2, 0) is 14.3 Å². The summed E-state index contributed by atoms with van der Waals surface area (Å²) < 4.78 is 35.3. The molecule has 0 radical (unpaired) electrons. The van der Waals surface area contributed by atoms with Gasteiger partial charge < -0.3 is 30.7 Å². The van der Waals surface area contributed by atoms with E-state index in [2.05, 4.69) is 15.4 Å². The first kappa shape index (κ1) is 22.0. The van der Waals surface area contributed by atoms with E-state index in [1.807, 2.05) is 13.8 Å². The van der Waals surface area contributed by atoms with E-state index in [0.29, 0.717) is 25.4 Å². The third-order valence-electron chi connectivity index (χ3n) is 4.03. The topological polar surface area (TPSA) is 104 Å². The SMILES string of the molecule is CC(C)CN[C@@H](C[NH-])C(=O)Nc1ccc(N2CCOCC2=O)cc1OC(F)F. The van der Waals surface area contributed by atoms with Gasteiger partial charge in [0.2, 0.25) is 5.91 Å². The van der Waals surface area contributed by atoms with Crippen LogP contribution in [0, 0.1) is 5.92 Å². The molecule has 1 aromatic rings. The maximum Gasteiger partial charge on any atom is 0.387 e. The van der Waals surface area contributed by atoms with Gasteiger partial charge >= 0.3 is 6.61 Å². The second-order valence-electron chi connectivity index (χ2n) is 6.70.